The third-order valence-electron chi connectivity index (χ3n) is 1.35. The second-order valence-corrected chi connectivity index (χ2v) is 2.41. The first-order valence-corrected chi connectivity index (χ1v) is 3.71. The van der Waals surface area contributed by atoms with Gasteiger partial charge < -0.3 is 10.8 Å². The molecule has 0 saturated carbocycles. The van der Waals surface area contributed by atoms with Gasteiger partial charge in [-0.1, -0.05) is 12.8 Å². The number of nitrogens with one attached hydrogen (secondary N) is 1. The molecule has 0 aliphatic rings. The second kappa shape index (κ2) is 9.72. The van der Waals surface area contributed by atoms with Gasteiger partial charge in [-0.05, 0) is 12.8 Å². The normalized spacial score (nSPS) is 8.82. The Balaban J connectivity index is 0. The Morgan fingerprint density at radius 2 is 1.73 bits per heavy atom. The molecule has 11 heavy (non-hydrogen) atoms. The number of hydrogen-bond acceptors (Lipinski definition) is 2. The van der Waals surface area contributed by atoms with Crippen molar-refractivity contribution in [3.63, 3.8) is 0 Å². The van der Waals surface area contributed by atoms with Crippen molar-refractivity contribution in [3.05, 3.63) is 0 Å². The van der Waals surface area contributed by atoms with Crippen molar-refractivity contribution >= 4 is 18.2 Å². The average molecular weight is 181 g/mol. The quantitative estimate of drug-likeness (QED) is 0.328. The molecule has 0 rings (SSSR count). The number of rotatable bonds is 6. The van der Waals surface area contributed by atoms with Gasteiger partial charge in [-0.2, -0.15) is 0 Å². The average Bonchev–Trinajstić information content (AvgIpc) is 1.87. The highest BCUT2D eigenvalue weighted by atomic mass is 35.5. The first-order chi connectivity index (χ1) is 4.77. The molecule has 0 amide bonds. The molecule has 0 spiro atoms. The molecule has 0 atom stereocenters. The molecule has 0 heterocycles. The summed E-state index contributed by atoms with van der Waals surface area (Å²) in [5.74, 6) is 0.268. The molecule has 4 N–H and O–H groups in total. The summed E-state index contributed by atoms with van der Waals surface area (Å²) in [6.07, 6.45) is 4.67. The summed E-state index contributed by atoms with van der Waals surface area (Å²) in [6.45, 7) is 0.278. The van der Waals surface area contributed by atoms with Gasteiger partial charge in [0.05, 0.1) is 5.84 Å². The van der Waals surface area contributed by atoms with Crippen LogP contribution >= 0.6 is 12.4 Å². The van der Waals surface area contributed by atoms with Crippen LogP contribution in [0.15, 0.2) is 0 Å². The van der Waals surface area contributed by atoms with Crippen LogP contribution in [0.4, 0.5) is 0 Å². The molecule has 0 radical (unpaired) electrons. The van der Waals surface area contributed by atoms with Gasteiger partial charge in [-0.3, -0.25) is 5.41 Å². The molecule has 0 aromatic rings. The molecular formula is C7H17ClN2O. The first kappa shape index (κ1) is 13.3. The maximum Gasteiger partial charge on any atom is 0.0905 e. The Labute approximate surface area is 73.9 Å². The lowest BCUT2D eigenvalue weighted by molar-refractivity contribution is 0.282. The van der Waals surface area contributed by atoms with Crippen LogP contribution in [0.3, 0.4) is 0 Å². The van der Waals surface area contributed by atoms with E-state index >= 15 is 0 Å². The van der Waals surface area contributed by atoms with E-state index in [0.29, 0.717) is 6.42 Å². The van der Waals surface area contributed by atoms with Gasteiger partial charge in [0.1, 0.15) is 0 Å². The fourth-order valence-corrected chi connectivity index (χ4v) is 0.781. The first-order valence-electron chi connectivity index (χ1n) is 3.71. The maximum absolute atomic E-state index is 8.41. The van der Waals surface area contributed by atoms with Gasteiger partial charge in [-0.15, -0.1) is 12.4 Å². The van der Waals surface area contributed by atoms with Crippen LogP contribution in [0.25, 0.3) is 0 Å². The van der Waals surface area contributed by atoms with Crippen molar-refractivity contribution in [2.24, 2.45) is 5.73 Å². The summed E-state index contributed by atoms with van der Waals surface area (Å²) in [5.41, 5.74) is 5.14. The smallest absolute Gasteiger partial charge is 0.0905 e. The van der Waals surface area contributed by atoms with Crippen LogP contribution in [-0.2, 0) is 0 Å². The van der Waals surface area contributed by atoms with Crippen LogP contribution in [0.5, 0.6) is 0 Å². The summed E-state index contributed by atoms with van der Waals surface area (Å²) in [6, 6.07) is 0. The fourth-order valence-electron chi connectivity index (χ4n) is 0.781. The molecule has 0 aliphatic heterocycles. The minimum absolute atomic E-state index is 0. The number of halogens is 1. The molecule has 0 unspecified atom stereocenters. The van der Waals surface area contributed by atoms with E-state index in [0.717, 1.165) is 25.7 Å². The van der Waals surface area contributed by atoms with E-state index in [9.17, 15) is 0 Å². The monoisotopic (exact) mass is 180 g/mol. The fraction of sp³-hybridized carbons (Fsp3) is 0.857. The van der Waals surface area contributed by atoms with Crippen LogP contribution in [-0.4, -0.2) is 17.5 Å². The van der Waals surface area contributed by atoms with Crippen LogP contribution < -0.4 is 5.73 Å². The number of aliphatic hydroxyl groups excluding tert-OH is 1. The number of unbranched alkanes of at least 4 members (excludes halogenated alkanes) is 3. The molecule has 0 aromatic carbocycles. The number of aliphatic hydroxyl groups is 1. The van der Waals surface area contributed by atoms with Crippen molar-refractivity contribution in [1.82, 2.24) is 0 Å². The topological polar surface area (TPSA) is 70.1 Å². The van der Waals surface area contributed by atoms with Gasteiger partial charge in [0.2, 0.25) is 0 Å². The van der Waals surface area contributed by atoms with Gasteiger partial charge in [0.25, 0.3) is 0 Å². The van der Waals surface area contributed by atoms with E-state index in [-0.39, 0.29) is 24.8 Å². The van der Waals surface area contributed by atoms with Crippen molar-refractivity contribution in [3.8, 4) is 0 Å². The lowest BCUT2D eigenvalue weighted by atomic mass is 10.1. The summed E-state index contributed by atoms with van der Waals surface area (Å²) >= 11 is 0. The summed E-state index contributed by atoms with van der Waals surface area (Å²) in [7, 11) is 0. The Kier molecular flexibility index (Phi) is 11.8. The molecule has 0 saturated heterocycles. The van der Waals surface area contributed by atoms with Crippen LogP contribution in [0.1, 0.15) is 32.1 Å². The lowest BCUT2D eigenvalue weighted by Crippen LogP contribution is -2.08. The van der Waals surface area contributed by atoms with Crippen molar-refractivity contribution in [1.29, 1.82) is 5.41 Å². The molecule has 0 aromatic heterocycles. The molecule has 0 aliphatic carbocycles. The highest BCUT2D eigenvalue weighted by Crippen LogP contribution is 2.01. The zero-order valence-corrected chi connectivity index (χ0v) is 7.49. The maximum atomic E-state index is 8.41. The summed E-state index contributed by atoms with van der Waals surface area (Å²) < 4.78 is 0. The summed E-state index contributed by atoms with van der Waals surface area (Å²) in [4.78, 5) is 0. The van der Waals surface area contributed by atoms with Gasteiger partial charge >= 0.3 is 0 Å². The molecule has 68 valence electrons. The van der Waals surface area contributed by atoms with E-state index in [1.54, 1.807) is 0 Å². The van der Waals surface area contributed by atoms with E-state index < -0.39 is 0 Å². The Morgan fingerprint density at radius 1 is 1.18 bits per heavy atom. The number of amidine groups is 1. The summed E-state index contributed by atoms with van der Waals surface area (Å²) in [5, 5.41) is 15.3. The zero-order valence-electron chi connectivity index (χ0n) is 6.68. The predicted molar refractivity (Wildman–Crippen MR) is 49.3 cm³/mol. The predicted octanol–water partition coefficient (Wildman–Crippen LogP) is 1.29. The Hall–Kier alpha value is -0.280. The van der Waals surface area contributed by atoms with E-state index in [1.165, 1.54) is 0 Å². The Morgan fingerprint density at radius 3 is 2.18 bits per heavy atom. The second-order valence-electron chi connectivity index (χ2n) is 2.41. The minimum atomic E-state index is 0. The molecule has 0 fully saturated rings. The SMILES string of the molecule is Cl.N=C(N)CCCCCCO. The van der Waals surface area contributed by atoms with Gasteiger partial charge in [-0.25, -0.2) is 0 Å². The molecule has 0 bridgehead atoms. The van der Waals surface area contributed by atoms with E-state index in [4.69, 9.17) is 16.2 Å². The highest BCUT2D eigenvalue weighted by molar-refractivity contribution is 5.85. The minimum Gasteiger partial charge on any atom is -0.396 e. The molecule has 3 nitrogen and oxygen atoms in total. The largest absolute Gasteiger partial charge is 0.396 e. The van der Waals surface area contributed by atoms with Crippen molar-refractivity contribution in [2.75, 3.05) is 6.61 Å². The van der Waals surface area contributed by atoms with Gasteiger partial charge in [0, 0.05) is 13.0 Å². The molecular weight excluding hydrogens is 164 g/mol. The molecule has 4 heteroatoms. The van der Waals surface area contributed by atoms with Gasteiger partial charge in [0.15, 0.2) is 0 Å². The van der Waals surface area contributed by atoms with E-state index in [2.05, 4.69) is 0 Å². The number of hydrogen-bond donors (Lipinski definition) is 3. The van der Waals surface area contributed by atoms with Crippen LogP contribution in [0, 0.1) is 5.41 Å². The lowest BCUT2D eigenvalue weighted by Gasteiger charge is -1.97. The Bertz CT molecular complexity index is 98.4. The third kappa shape index (κ3) is 12.8. The van der Waals surface area contributed by atoms with Crippen molar-refractivity contribution < 1.29 is 5.11 Å². The van der Waals surface area contributed by atoms with Crippen molar-refractivity contribution in [2.45, 2.75) is 32.1 Å². The third-order valence-corrected chi connectivity index (χ3v) is 1.35. The number of nitrogens with two attached hydrogens (primary N) is 1. The highest BCUT2D eigenvalue weighted by Gasteiger charge is 1.90. The van der Waals surface area contributed by atoms with Crippen LogP contribution in [0.2, 0.25) is 0 Å². The standard InChI is InChI=1S/C7H16N2O.ClH/c8-7(9)5-3-1-2-4-6-10;/h10H,1-6H2,(H3,8,9);1H. The zero-order chi connectivity index (χ0) is 7.82. The van der Waals surface area contributed by atoms with E-state index in [1.807, 2.05) is 0 Å².